The van der Waals surface area contributed by atoms with Gasteiger partial charge < -0.3 is 15.8 Å². The molecule has 0 unspecified atom stereocenters. The van der Waals surface area contributed by atoms with Crippen molar-refractivity contribution in [3.05, 3.63) is 12.1 Å². The van der Waals surface area contributed by atoms with Gasteiger partial charge in [-0.05, 0) is 12.1 Å². The number of ether oxygens (including phenoxy) is 1. The van der Waals surface area contributed by atoms with Gasteiger partial charge in [0.2, 0.25) is 0 Å². The molecule has 1 rings (SSSR count). The third-order valence-electron chi connectivity index (χ3n) is 1.50. The number of halogens is 3. The summed E-state index contributed by atoms with van der Waals surface area (Å²) < 4.78 is 39.4. The van der Waals surface area contributed by atoms with Gasteiger partial charge >= 0.3 is 6.18 Å². The summed E-state index contributed by atoms with van der Waals surface area (Å²) in [7, 11) is 0. The average molecular weight is 236 g/mol. The SMILES string of the molecule is Nc1ccc(NCCOCC(F)(F)F)nn1. The van der Waals surface area contributed by atoms with Gasteiger partial charge in [0.05, 0.1) is 6.61 Å². The van der Waals surface area contributed by atoms with Gasteiger partial charge in [0, 0.05) is 6.54 Å². The lowest BCUT2D eigenvalue weighted by Crippen LogP contribution is -2.20. The van der Waals surface area contributed by atoms with Crippen molar-refractivity contribution in [2.24, 2.45) is 0 Å². The largest absolute Gasteiger partial charge is 0.411 e. The number of nitrogens with two attached hydrogens (primary N) is 1. The lowest BCUT2D eigenvalue weighted by molar-refractivity contribution is -0.172. The van der Waals surface area contributed by atoms with Crippen molar-refractivity contribution in [2.75, 3.05) is 30.8 Å². The summed E-state index contributed by atoms with van der Waals surface area (Å²) in [6.07, 6.45) is -4.29. The van der Waals surface area contributed by atoms with E-state index < -0.39 is 12.8 Å². The Hall–Kier alpha value is -1.57. The summed E-state index contributed by atoms with van der Waals surface area (Å²) >= 11 is 0. The summed E-state index contributed by atoms with van der Waals surface area (Å²) in [6, 6.07) is 3.11. The van der Waals surface area contributed by atoms with E-state index in [1.807, 2.05) is 0 Å². The van der Waals surface area contributed by atoms with Crippen LogP contribution >= 0.6 is 0 Å². The molecule has 0 amide bonds. The van der Waals surface area contributed by atoms with E-state index in [-0.39, 0.29) is 19.0 Å². The molecule has 1 aromatic heterocycles. The molecule has 90 valence electrons. The van der Waals surface area contributed by atoms with Gasteiger partial charge in [-0.2, -0.15) is 13.2 Å². The number of alkyl halides is 3. The molecular formula is C8H11F3N4O. The Balaban J connectivity index is 2.14. The smallest absolute Gasteiger partial charge is 0.382 e. The van der Waals surface area contributed by atoms with Crippen LogP contribution in [0.25, 0.3) is 0 Å². The lowest BCUT2D eigenvalue weighted by atomic mass is 10.5. The number of rotatable bonds is 5. The van der Waals surface area contributed by atoms with Crippen LogP contribution in [0.4, 0.5) is 24.8 Å². The van der Waals surface area contributed by atoms with E-state index in [0.717, 1.165) is 0 Å². The number of aromatic nitrogens is 2. The molecule has 0 saturated carbocycles. The fraction of sp³-hybridized carbons (Fsp3) is 0.500. The molecule has 8 heteroatoms. The van der Waals surface area contributed by atoms with Gasteiger partial charge in [-0.3, -0.25) is 0 Å². The Bertz CT molecular complexity index is 314. The zero-order valence-electron chi connectivity index (χ0n) is 8.29. The van der Waals surface area contributed by atoms with E-state index in [9.17, 15) is 13.2 Å². The average Bonchev–Trinajstić information content (AvgIpc) is 2.19. The molecule has 0 radical (unpaired) electrons. The van der Waals surface area contributed by atoms with Crippen LogP contribution in [0, 0.1) is 0 Å². The molecule has 0 aliphatic carbocycles. The van der Waals surface area contributed by atoms with Crippen LogP contribution in [-0.4, -0.2) is 36.1 Å². The second-order valence-electron chi connectivity index (χ2n) is 2.94. The molecule has 0 bridgehead atoms. The van der Waals surface area contributed by atoms with Crippen molar-refractivity contribution in [3.8, 4) is 0 Å². The van der Waals surface area contributed by atoms with Crippen molar-refractivity contribution < 1.29 is 17.9 Å². The van der Waals surface area contributed by atoms with Crippen LogP contribution in [0.5, 0.6) is 0 Å². The van der Waals surface area contributed by atoms with Crippen molar-refractivity contribution in [3.63, 3.8) is 0 Å². The second kappa shape index (κ2) is 5.50. The maximum absolute atomic E-state index is 11.7. The van der Waals surface area contributed by atoms with Gasteiger partial charge in [-0.1, -0.05) is 0 Å². The van der Waals surface area contributed by atoms with Gasteiger partial charge in [-0.15, -0.1) is 10.2 Å². The van der Waals surface area contributed by atoms with E-state index >= 15 is 0 Å². The Labute approximate surface area is 89.8 Å². The molecule has 0 atom stereocenters. The zero-order chi connectivity index (χ0) is 12.0. The molecule has 0 aliphatic rings. The molecule has 1 heterocycles. The highest BCUT2D eigenvalue weighted by molar-refractivity contribution is 5.38. The van der Waals surface area contributed by atoms with Gasteiger partial charge in [-0.25, -0.2) is 0 Å². The Morgan fingerprint density at radius 1 is 1.31 bits per heavy atom. The lowest BCUT2D eigenvalue weighted by Gasteiger charge is -2.08. The maximum atomic E-state index is 11.7. The molecule has 3 N–H and O–H groups in total. The minimum absolute atomic E-state index is 0.0639. The first-order chi connectivity index (χ1) is 7.47. The van der Waals surface area contributed by atoms with Crippen LogP contribution < -0.4 is 11.1 Å². The van der Waals surface area contributed by atoms with Crippen LogP contribution in [0.1, 0.15) is 0 Å². The summed E-state index contributed by atoms with van der Waals surface area (Å²) in [5.74, 6) is 0.712. The zero-order valence-corrected chi connectivity index (χ0v) is 8.29. The Morgan fingerprint density at radius 2 is 2.06 bits per heavy atom. The molecule has 0 fully saturated rings. The predicted octanol–water partition coefficient (Wildman–Crippen LogP) is 1.05. The maximum Gasteiger partial charge on any atom is 0.411 e. The van der Waals surface area contributed by atoms with Crippen LogP contribution in [0.15, 0.2) is 12.1 Å². The van der Waals surface area contributed by atoms with Gasteiger partial charge in [0.25, 0.3) is 0 Å². The molecule has 16 heavy (non-hydrogen) atoms. The number of nitrogens with zero attached hydrogens (tertiary/aromatic N) is 2. The minimum Gasteiger partial charge on any atom is -0.382 e. The van der Waals surface area contributed by atoms with E-state index in [1.54, 1.807) is 6.07 Å². The number of hydrogen-bond donors (Lipinski definition) is 2. The van der Waals surface area contributed by atoms with Crippen LogP contribution in [-0.2, 0) is 4.74 Å². The standard InChI is InChI=1S/C8H11F3N4O/c9-8(10,11)5-16-4-3-13-7-2-1-6(12)14-15-7/h1-2H,3-5H2,(H2,12,14)(H,13,15). The third-order valence-corrected chi connectivity index (χ3v) is 1.50. The second-order valence-corrected chi connectivity index (χ2v) is 2.94. The van der Waals surface area contributed by atoms with Crippen molar-refractivity contribution >= 4 is 11.6 Å². The number of nitrogens with one attached hydrogen (secondary N) is 1. The molecule has 5 nitrogen and oxygen atoms in total. The van der Waals surface area contributed by atoms with Crippen LogP contribution in [0.3, 0.4) is 0 Å². The molecule has 0 saturated heterocycles. The van der Waals surface area contributed by atoms with Crippen molar-refractivity contribution in [1.29, 1.82) is 0 Å². The normalized spacial score (nSPS) is 11.4. The van der Waals surface area contributed by atoms with Crippen molar-refractivity contribution in [1.82, 2.24) is 10.2 Å². The molecule has 0 aromatic carbocycles. The predicted molar refractivity (Wildman–Crippen MR) is 51.8 cm³/mol. The van der Waals surface area contributed by atoms with Gasteiger partial charge in [0.15, 0.2) is 0 Å². The topological polar surface area (TPSA) is 73.1 Å². The molecular weight excluding hydrogens is 225 g/mol. The quantitative estimate of drug-likeness (QED) is 0.747. The first kappa shape index (κ1) is 12.5. The fourth-order valence-corrected chi connectivity index (χ4v) is 0.876. The third kappa shape index (κ3) is 5.35. The van der Waals surface area contributed by atoms with Crippen molar-refractivity contribution in [2.45, 2.75) is 6.18 Å². The summed E-state index contributed by atoms with van der Waals surface area (Å²) in [4.78, 5) is 0. The molecule has 1 aromatic rings. The van der Waals surface area contributed by atoms with Gasteiger partial charge in [0.1, 0.15) is 18.2 Å². The minimum atomic E-state index is -4.29. The summed E-state index contributed by atoms with van der Waals surface area (Å²) in [5.41, 5.74) is 5.30. The first-order valence-electron chi connectivity index (χ1n) is 4.45. The van der Waals surface area contributed by atoms with Crippen LogP contribution in [0.2, 0.25) is 0 Å². The first-order valence-corrected chi connectivity index (χ1v) is 4.45. The number of hydrogen-bond acceptors (Lipinski definition) is 5. The van der Waals surface area contributed by atoms with E-state index in [2.05, 4.69) is 20.3 Å². The Kier molecular flexibility index (Phi) is 4.29. The Morgan fingerprint density at radius 3 is 2.62 bits per heavy atom. The summed E-state index contributed by atoms with van der Waals surface area (Å²) in [5, 5.41) is 9.96. The number of anilines is 2. The highest BCUT2D eigenvalue weighted by Gasteiger charge is 2.27. The highest BCUT2D eigenvalue weighted by Crippen LogP contribution is 2.14. The van der Waals surface area contributed by atoms with E-state index in [1.165, 1.54) is 6.07 Å². The monoisotopic (exact) mass is 236 g/mol. The highest BCUT2D eigenvalue weighted by atomic mass is 19.4. The summed E-state index contributed by atoms with van der Waals surface area (Å²) in [6.45, 7) is -1.09. The fourth-order valence-electron chi connectivity index (χ4n) is 0.876. The molecule has 0 aliphatic heterocycles. The number of nitrogen functional groups attached to an aromatic ring is 1. The van der Waals surface area contributed by atoms with E-state index in [4.69, 9.17) is 5.73 Å². The van der Waals surface area contributed by atoms with E-state index in [0.29, 0.717) is 5.82 Å². The molecule has 0 spiro atoms.